The number of hydrogen-bond acceptors (Lipinski definition) is 5. The van der Waals surface area contributed by atoms with Crippen molar-refractivity contribution in [2.75, 3.05) is 13.2 Å². The van der Waals surface area contributed by atoms with Crippen molar-refractivity contribution < 1.29 is 22.6 Å². The van der Waals surface area contributed by atoms with Crippen LogP contribution in [0.2, 0.25) is 5.02 Å². The molecule has 1 aromatic heterocycles. The van der Waals surface area contributed by atoms with Crippen molar-refractivity contribution in [3.63, 3.8) is 0 Å². The van der Waals surface area contributed by atoms with Crippen molar-refractivity contribution in [2.24, 2.45) is 10.7 Å². The molecule has 148 valence electrons. The zero-order valence-corrected chi connectivity index (χ0v) is 15.6. The van der Waals surface area contributed by atoms with Gasteiger partial charge in [-0.15, -0.1) is 0 Å². The summed E-state index contributed by atoms with van der Waals surface area (Å²) in [4.78, 5) is 8.04. The van der Waals surface area contributed by atoms with Crippen LogP contribution in [0.3, 0.4) is 0 Å². The minimum atomic E-state index is -3.43. The van der Waals surface area contributed by atoms with E-state index in [-0.39, 0.29) is 11.5 Å². The van der Waals surface area contributed by atoms with E-state index in [9.17, 15) is 13.2 Å². The van der Waals surface area contributed by atoms with Gasteiger partial charge in [-0.2, -0.15) is 8.78 Å². The summed E-state index contributed by atoms with van der Waals surface area (Å²) in [6.45, 7) is 0.477. The molecule has 5 nitrogen and oxygen atoms in total. The van der Waals surface area contributed by atoms with Crippen LogP contribution in [0.4, 0.5) is 13.2 Å². The molecule has 2 aromatic rings. The fourth-order valence-electron chi connectivity index (χ4n) is 3.50. The van der Waals surface area contributed by atoms with Crippen LogP contribution in [0, 0.1) is 5.82 Å². The maximum atomic E-state index is 14.8. The third-order valence-corrected chi connectivity index (χ3v) is 5.42. The first-order chi connectivity index (χ1) is 13.2. The Bertz CT molecular complexity index is 952. The highest BCUT2D eigenvalue weighted by Crippen LogP contribution is 2.46. The van der Waals surface area contributed by atoms with E-state index in [1.165, 1.54) is 12.3 Å². The molecule has 9 heteroatoms. The number of benzene rings is 1. The standard InChI is InChI=1S/C19H17ClF3N3O2/c1-18(19(22,23)9-28-17(24)26-18)13-5-10-4-11(8-27-16(10)6-14(13)21)15-3-2-12(20)7-25-15/h2-3,5-7,11H,4,8-9H2,1H3,(H2,24,26)/t11?,18-/m1/s1. The van der Waals surface area contributed by atoms with E-state index in [1.807, 2.05) is 0 Å². The van der Waals surface area contributed by atoms with Gasteiger partial charge in [0.1, 0.15) is 11.6 Å². The van der Waals surface area contributed by atoms with E-state index >= 15 is 0 Å². The highest BCUT2D eigenvalue weighted by Gasteiger charge is 2.56. The molecule has 2 atom stereocenters. The SMILES string of the molecule is C[C@]1(c2cc3c(cc2F)OCC(c2ccc(Cl)cn2)C3)N=C(N)OCC1(F)F. The first-order valence-electron chi connectivity index (χ1n) is 8.63. The number of alkyl halides is 2. The van der Waals surface area contributed by atoms with E-state index in [1.54, 1.807) is 12.1 Å². The number of halogens is 4. The minimum absolute atomic E-state index is 0.111. The monoisotopic (exact) mass is 411 g/mol. The molecule has 0 radical (unpaired) electrons. The molecule has 1 aromatic carbocycles. The van der Waals surface area contributed by atoms with Crippen LogP contribution in [0.5, 0.6) is 5.75 Å². The van der Waals surface area contributed by atoms with Gasteiger partial charge in [0.2, 0.25) is 0 Å². The zero-order chi connectivity index (χ0) is 20.1. The van der Waals surface area contributed by atoms with Crippen LogP contribution in [-0.2, 0) is 16.7 Å². The summed E-state index contributed by atoms with van der Waals surface area (Å²) in [5, 5.41) is 0.510. The van der Waals surface area contributed by atoms with E-state index in [0.29, 0.717) is 29.4 Å². The molecule has 0 bridgehead atoms. The summed E-state index contributed by atoms with van der Waals surface area (Å²) in [6, 6.07) is 5.60. The third-order valence-electron chi connectivity index (χ3n) is 5.20. The van der Waals surface area contributed by atoms with Crippen LogP contribution in [-0.4, -0.2) is 30.1 Å². The third kappa shape index (κ3) is 3.05. The number of fused-ring (bicyclic) bond motifs is 1. The van der Waals surface area contributed by atoms with Gasteiger partial charge in [-0.1, -0.05) is 11.6 Å². The number of nitrogens with zero attached hydrogens (tertiary/aromatic N) is 2. The number of nitrogens with two attached hydrogens (primary N) is 1. The normalized spacial score (nSPS) is 25.9. The van der Waals surface area contributed by atoms with E-state index in [0.717, 1.165) is 18.7 Å². The van der Waals surface area contributed by atoms with Gasteiger partial charge >= 0.3 is 5.92 Å². The topological polar surface area (TPSA) is 69.7 Å². The molecule has 0 saturated carbocycles. The largest absolute Gasteiger partial charge is 0.492 e. The Morgan fingerprint density at radius 1 is 1.25 bits per heavy atom. The Morgan fingerprint density at radius 2 is 2.04 bits per heavy atom. The predicted octanol–water partition coefficient (Wildman–Crippen LogP) is 3.79. The molecule has 2 aliphatic heterocycles. The van der Waals surface area contributed by atoms with Crippen molar-refractivity contribution in [1.29, 1.82) is 0 Å². The number of ether oxygens (including phenoxy) is 2. The maximum Gasteiger partial charge on any atom is 0.310 e. The Kier molecular flexibility index (Phi) is 4.41. The maximum absolute atomic E-state index is 14.8. The Hall–Kier alpha value is -2.48. The molecule has 2 N–H and O–H groups in total. The zero-order valence-electron chi connectivity index (χ0n) is 14.9. The van der Waals surface area contributed by atoms with Gasteiger partial charge in [0, 0.05) is 29.4 Å². The van der Waals surface area contributed by atoms with Gasteiger partial charge in [-0.05, 0) is 37.1 Å². The fraction of sp³-hybridized carbons (Fsp3) is 0.368. The van der Waals surface area contributed by atoms with Crippen molar-refractivity contribution in [1.82, 2.24) is 4.98 Å². The van der Waals surface area contributed by atoms with Gasteiger partial charge in [0.05, 0.1) is 11.6 Å². The minimum Gasteiger partial charge on any atom is -0.492 e. The molecule has 0 spiro atoms. The molecule has 2 aliphatic rings. The lowest BCUT2D eigenvalue weighted by Crippen LogP contribution is -2.51. The fourth-order valence-corrected chi connectivity index (χ4v) is 3.61. The average Bonchev–Trinajstić information content (AvgIpc) is 2.65. The number of aromatic nitrogens is 1. The molecule has 1 unspecified atom stereocenters. The summed E-state index contributed by atoms with van der Waals surface area (Å²) in [7, 11) is 0. The lowest BCUT2D eigenvalue weighted by molar-refractivity contribution is -0.117. The first-order valence-corrected chi connectivity index (χ1v) is 9.00. The van der Waals surface area contributed by atoms with E-state index in [4.69, 9.17) is 22.1 Å². The summed E-state index contributed by atoms with van der Waals surface area (Å²) < 4.78 is 54.3. The van der Waals surface area contributed by atoms with Crippen molar-refractivity contribution in [2.45, 2.75) is 30.7 Å². The summed E-state index contributed by atoms with van der Waals surface area (Å²) in [5.74, 6) is -4.05. The Balaban J connectivity index is 1.74. The number of pyridine rings is 1. The highest BCUT2D eigenvalue weighted by molar-refractivity contribution is 6.30. The number of aliphatic imine (C=N–C) groups is 1. The van der Waals surface area contributed by atoms with Gasteiger partial charge in [0.15, 0.2) is 12.1 Å². The van der Waals surface area contributed by atoms with Crippen molar-refractivity contribution in [3.8, 4) is 5.75 Å². The molecule has 0 aliphatic carbocycles. The second-order valence-corrected chi connectivity index (χ2v) is 7.50. The quantitative estimate of drug-likeness (QED) is 0.816. The highest BCUT2D eigenvalue weighted by atomic mass is 35.5. The van der Waals surface area contributed by atoms with Crippen LogP contribution < -0.4 is 10.5 Å². The van der Waals surface area contributed by atoms with Crippen LogP contribution in [0.25, 0.3) is 0 Å². The second-order valence-electron chi connectivity index (χ2n) is 7.07. The van der Waals surface area contributed by atoms with Gasteiger partial charge < -0.3 is 15.2 Å². The number of rotatable bonds is 2. The Labute approximate surface area is 164 Å². The molecule has 0 amide bonds. The van der Waals surface area contributed by atoms with Crippen molar-refractivity contribution in [3.05, 3.63) is 58.1 Å². The number of hydrogen-bond donors (Lipinski definition) is 1. The van der Waals surface area contributed by atoms with Crippen LogP contribution in [0.15, 0.2) is 35.5 Å². The first kappa shape index (κ1) is 18.9. The average molecular weight is 412 g/mol. The van der Waals surface area contributed by atoms with E-state index < -0.39 is 29.9 Å². The smallest absolute Gasteiger partial charge is 0.310 e. The van der Waals surface area contributed by atoms with Crippen LogP contribution in [0.1, 0.15) is 29.7 Å². The Morgan fingerprint density at radius 3 is 2.75 bits per heavy atom. The van der Waals surface area contributed by atoms with Gasteiger partial charge in [0.25, 0.3) is 6.02 Å². The lowest BCUT2D eigenvalue weighted by Gasteiger charge is -2.38. The molecular formula is C19H17ClF3N3O2. The summed E-state index contributed by atoms with van der Waals surface area (Å²) >= 11 is 5.87. The van der Waals surface area contributed by atoms with Crippen LogP contribution >= 0.6 is 11.6 Å². The molecule has 0 saturated heterocycles. The van der Waals surface area contributed by atoms with Gasteiger partial charge in [-0.25, -0.2) is 9.38 Å². The molecular weight excluding hydrogens is 395 g/mol. The molecule has 4 rings (SSSR count). The van der Waals surface area contributed by atoms with Gasteiger partial charge in [-0.3, -0.25) is 4.98 Å². The molecule has 3 heterocycles. The van der Waals surface area contributed by atoms with E-state index in [2.05, 4.69) is 14.7 Å². The summed E-state index contributed by atoms with van der Waals surface area (Å²) in [5.41, 5.74) is 4.41. The molecule has 0 fully saturated rings. The van der Waals surface area contributed by atoms with Crippen molar-refractivity contribution >= 4 is 17.6 Å². The molecule has 28 heavy (non-hydrogen) atoms. The predicted molar refractivity (Wildman–Crippen MR) is 97.5 cm³/mol. The second kappa shape index (κ2) is 6.55. The lowest BCUT2D eigenvalue weighted by atomic mass is 9.82. The number of amidine groups is 1. The summed E-state index contributed by atoms with van der Waals surface area (Å²) in [6.07, 6.45) is 1.98.